The van der Waals surface area contributed by atoms with Crippen molar-refractivity contribution in [1.29, 1.82) is 0 Å². The number of pyridine rings is 1. The molecule has 9 heteroatoms. The van der Waals surface area contributed by atoms with Crippen molar-refractivity contribution < 1.29 is 9.52 Å². The van der Waals surface area contributed by atoms with Crippen molar-refractivity contribution in [3.8, 4) is 33.8 Å². The van der Waals surface area contributed by atoms with E-state index in [2.05, 4.69) is 32.5 Å². The zero-order chi connectivity index (χ0) is 24.9. The third kappa shape index (κ3) is 4.63. The fraction of sp³-hybridized carbons (Fsp3) is 0.185. The zero-order valence-corrected chi connectivity index (χ0v) is 19.8. The van der Waals surface area contributed by atoms with Crippen LogP contribution in [0.4, 0.5) is 0 Å². The van der Waals surface area contributed by atoms with Crippen molar-refractivity contribution >= 4 is 6.29 Å². The minimum Gasteiger partial charge on any atom is -0.618 e. The van der Waals surface area contributed by atoms with E-state index in [9.17, 15) is 10.0 Å². The Kier molecular flexibility index (Phi) is 6.61. The van der Waals surface area contributed by atoms with Gasteiger partial charge in [0.1, 0.15) is 11.5 Å². The van der Waals surface area contributed by atoms with Crippen LogP contribution >= 0.6 is 0 Å². The highest BCUT2D eigenvalue weighted by molar-refractivity contribution is 5.89. The van der Waals surface area contributed by atoms with Gasteiger partial charge in [0, 0.05) is 36.9 Å². The Balaban J connectivity index is 1.63. The number of nitrogens with zero attached hydrogens (tertiary/aromatic N) is 6. The van der Waals surface area contributed by atoms with Gasteiger partial charge in [-0.3, -0.25) is 4.79 Å². The fourth-order valence-corrected chi connectivity index (χ4v) is 4.37. The number of hydrogen-bond acceptors (Lipinski definition) is 6. The number of rotatable bonds is 9. The van der Waals surface area contributed by atoms with Crippen LogP contribution < -0.4 is 4.73 Å². The van der Waals surface area contributed by atoms with E-state index in [0.717, 1.165) is 63.9 Å². The molecule has 0 radical (unpaired) electrons. The lowest BCUT2D eigenvalue weighted by atomic mass is 9.92. The number of aromatic amines is 1. The highest BCUT2D eigenvalue weighted by Crippen LogP contribution is 2.36. The molecule has 0 saturated heterocycles. The lowest BCUT2D eigenvalue weighted by Gasteiger charge is -2.15. The minimum atomic E-state index is 0.424. The zero-order valence-electron chi connectivity index (χ0n) is 19.8. The number of hydrogen-bond donors (Lipinski definition) is 1. The molecule has 0 aliphatic heterocycles. The molecule has 3 aromatic heterocycles. The number of H-pyrrole nitrogens is 1. The number of carbonyl (C=O) groups is 1. The molecule has 0 saturated carbocycles. The van der Waals surface area contributed by atoms with E-state index in [-0.39, 0.29) is 0 Å². The number of nitrogens with one attached hydrogen (secondary N) is 1. The first kappa shape index (κ1) is 23.1. The van der Waals surface area contributed by atoms with E-state index in [0.29, 0.717) is 23.8 Å². The smallest absolute Gasteiger partial charge is 0.224 e. The summed E-state index contributed by atoms with van der Waals surface area (Å²) in [4.78, 5) is 15.9. The van der Waals surface area contributed by atoms with Gasteiger partial charge in [-0.15, -0.1) is 5.10 Å². The molecular formula is C27H25N7O2. The van der Waals surface area contributed by atoms with Crippen LogP contribution in [-0.4, -0.2) is 36.5 Å². The third-order valence-electron chi connectivity index (χ3n) is 6.11. The Morgan fingerprint density at radius 1 is 1.03 bits per heavy atom. The Morgan fingerprint density at radius 2 is 1.83 bits per heavy atom. The lowest BCUT2D eigenvalue weighted by molar-refractivity contribution is -0.593. The van der Waals surface area contributed by atoms with Gasteiger partial charge in [0.2, 0.25) is 5.69 Å². The van der Waals surface area contributed by atoms with Crippen LogP contribution in [0.2, 0.25) is 0 Å². The molecule has 0 aliphatic rings. The lowest BCUT2D eigenvalue weighted by Crippen LogP contribution is -2.28. The van der Waals surface area contributed by atoms with E-state index in [1.807, 2.05) is 59.2 Å². The predicted octanol–water partition coefficient (Wildman–Crippen LogP) is 4.23. The fourth-order valence-electron chi connectivity index (χ4n) is 4.37. The molecule has 180 valence electrons. The van der Waals surface area contributed by atoms with Crippen molar-refractivity contribution in [2.24, 2.45) is 0 Å². The van der Waals surface area contributed by atoms with Crippen molar-refractivity contribution in [2.75, 3.05) is 0 Å². The molecule has 5 rings (SSSR count). The van der Waals surface area contributed by atoms with Crippen molar-refractivity contribution in [1.82, 2.24) is 30.2 Å². The normalized spacial score (nSPS) is 11.0. The molecule has 0 atom stereocenters. The summed E-state index contributed by atoms with van der Waals surface area (Å²) in [6.07, 6.45) is 6.89. The van der Waals surface area contributed by atoms with Gasteiger partial charge in [0.15, 0.2) is 18.3 Å². The molecule has 0 aliphatic carbocycles. The first-order valence-corrected chi connectivity index (χ1v) is 11.8. The van der Waals surface area contributed by atoms with Crippen molar-refractivity contribution in [3.63, 3.8) is 0 Å². The maximum Gasteiger partial charge on any atom is 0.224 e. The van der Waals surface area contributed by atoms with Gasteiger partial charge in [-0.1, -0.05) is 49.7 Å². The van der Waals surface area contributed by atoms with E-state index in [1.54, 1.807) is 12.3 Å². The summed E-state index contributed by atoms with van der Waals surface area (Å²) in [6, 6.07) is 19.3. The minimum absolute atomic E-state index is 0.424. The number of aryl methyl sites for hydroxylation is 1. The second kappa shape index (κ2) is 10.3. The predicted molar refractivity (Wildman–Crippen MR) is 135 cm³/mol. The van der Waals surface area contributed by atoms with Gasteiger partial charge in [0.25, 0.3) is 0 Å². The van der Waals surface area contributed by atoms with Crippen LogP contribution in [-0.2, 0) is 13.0 Å². The van der Waals surface area contributed by atoms with Crippen LogP contribution in [0, 0.1) is 5.21 Å². The molecule has 0 spiro atoms. The van der Waals surface area contributed by atoms with Gasteiger partial charge in [0.05, 0.1) is 5.56 Å². The van der Waals surface area contributed by atoms with E-state index >= 15 is 0 Å². The van der Waals surface area contributed by atoms with Gasteiger partial charge in [-0.2, -0.15) is 4.73 Å². The quantitative estimate of drug-likeness (QED) is 0.192. The first-order valence-electron chi connectivity index (χ1n) is 11.8. The maximum absolute atomic E-state index is 12.8. The average molecular weight is 480 g/mol. The van der Waals surface area contributed by atoms with Crippen LogP contribution in [0.5, 0.6) is 0 Å². The summed E-state index contributed by atoms with van der Waals surface area (Å²) >= 11 is 0. The van der Waals surface area contributed by atoms with Gasteiger partial charge >= 0.3 is 0 Å². The van der Waals surface area contributed by atoms with Crippen LogP contribution in [0.3, 0.4) is 0 Å². The number of aldehydes is 1. The molecule has 0 bridgehead atoms. The molecular weight excluding hydrogens is 454 g/mol. The van der Waals surface area contributed by atoms with Gasteiger partial charge in [-0.25, -0.2) is 10.1 Å². The Bertz CT molecular complexity index is 1490. The topological polar surface area (TPSA) is 116 Å². The summed E-state index contributed by atoms with van der Waals surface area (Å²) in [5, 5.41) is 27.2. The monoisotopic (exact) mass is 479 g/mol. The van der Waals surface area contributed by atoms with Crippen molar-refractivity contribution in [2.45, 2.75) is 32.7 Å². The summed E-state index contributed by atoms with van der Waals surface area (Å²) in [5.74, 6) is 1.43. The maximum atomic E-state index is 12.8. The summed E-state index contributed by atoms with van der Waals surface area (Å²) < 4.78 is 2.89. The highest BCUT2D eigenvalue weighted by atomic mass is 16.5. The number of imidazole rings is 1. The highest BCUT2D eigenvalue weighted by Gasteiger charge is 2.19. The number of benzene rings is 2. The molecule has 0 unspecified atom stereocenters. The summed E-state index contributed by atoms with van der Waals surface area (Å²) in [6.45, 7) is 2.66. The summed E-state index contributed by atoms with van der Waals surface area (Å²) in [5.41, 5.74) is 5.34. The number of tetrazole rings is 1. The Hall–Kier alpha value is -4.66. The average Bonchev–Trinajstić information content (AvgIpc) is 3.58. The molecule has 9 nitrogen and oxygen atoms in total. The molecule has 5 aromatic rings. The SMILES string of the molecule is CCCCc1nc(C=O)cn1Cc1ccc(-c2ccccc2-c2nnn[nH]2)c(-c2cccc[n+]2[O-])c1. The van der Waals surface area contributed by atoms with Gasteiger partial charge in [-0.05, 0) is 45.7 Å². The second-order valence-electron chi connectivity index (χ2n) is 8.52. The van der Waals surface area contributed by atoms with E-state index in [1.165, 1.54) is 6.20 Å². The van der Waals surface area contributed by atoms with Crippen molar-refractivity contribution in [3.05, 3.63) is 95.3 Å². The Morgan fingerprint density at radius 3 is 2.58 bits per heavy atom. The molecule has 2 aromatic carbocycles. The molecule has 36 heavy (non-hydrogen) atoms. The largest absolute Gasteiger partial charge is 0.618 e. The van der Waals surface area contributed by atoms with Crippen LogP contribution in [0.15, 0.2) is 73.1 Å². The Labute approximate surface area is 208 Å². The molecule has 0 amide bonds. The van der Waals surface area contributed by atoms with Crippen LogP contribution in [0.25, 0.3) is 33.8 Å². The molecule has 0 fully saturated rings. The number of carbonyl (C=O) groups excluding carboxylic acids is 1. The standard InChI is InChI=1S/C27H25N7O2/c1-2-3-11-26-28-20(18-35)17-33(26)16-19-12-13-22(24(15-19)25-10-6-7-14-34(25)36)21-8-4-5-9-23(21)27-29-31-32-30-27/h4-10,12-15,17-18H,2-3,11,16H2,1H3,(H,29,30,31,32). The van der Waals surface area contributed by atoms with E-state index < -0.39 is 0 Å². The third-order valence-corrected chi connectivity index (χ3v) is 6.11. The first-order chi connectivity index (χ1) is 17.7. The number of unbranched alkanes of at least 4 members (excludes halogenated alkanes) is 1. The second-order valence-corrected chi connectivity index (χ2v) is 8.52. The summed E-state index contributed by atoms with van der Waals surface area (Å²) in [7, 11) is 0. The van der Waals surface area contributed by atoms with E-state index in [4.69, 9.17) is 0 Å². The van der Waals surface area contributed by atoms with Gasteiger partial charge < -0.3 is 9.77 Å². The number of aromatic nitrogens is 7. The van der Waals surface area contributed by atoms with Crippen LogP contribution in [0.1, 0.15) is 41.6 Å². The molecule has 3 heterocycles. The molecule has 1 N–H and O–H groups in total.